The highest BCUT2D eigenvalue weighted by Gasteiger charge is 2.09. The first-order valence-electron chi connectivity index (χ1n) is 5.63. The summed E-state index contributed by atoms with van der Waals surface area (Å²) in [5.74, 6) is 0.597. The molecule has 0 aliphatic rings. The molecule has 2 rings (SSSR count). The van der Waals surface area contributed by atoms with Gasteiger partial charge in [-0.1, -0.05) is 30.3 Å². The fourth-order valence-electron chi connectivity index (χ4n) is 1.73. The van der Waals surface area contributed by atoms with E-state index in [9.17, 15) is 4.79 Å². The first kappa shape index (κ1) is 12.8. The van der Waals surface area contributed by atoms with Crippen LogP contribution in [0.1, 0.15) is 21.5 Å². The number of aryl methyl sites for hydroxylation is 1. The first-order valence-corrected chi connectivity index (χ1v) is 6.42. The minimum absolute atomic E-state index is 0.448. The van der Waals surface area contributed by atoms with Gasteiger partial charge in [0.05, 0.1) is 10.0 Å². The standard InChI is InChI=1S/C15H13BrO2/c1-11-7-13(9-17)15(14(16)8-11)18-10-12-5-3-2-4-6-12/h2-9H,10H2,1H3. The van der Waals surface area contributed by atoms with Crippen LogP contribution in [0.3, 0.4) is 0 Å². The maximum atomic E-state index is 11.0. The lowest BCUT2D eigenvalue weighted by molar-refractivity contribution is 0.111. The van der Waals surface area contributed by atoms with Crippen molar-refractivity contribution in [1.29, 1.82) is 0 Å². The van der Waals surface area contributed by atoms with E-state index in [2.05, 4.69) is 15.9 Å². The van der Waals surface area contributed by atoms with Crippen molar-refractivity contribution in [2.45, 2.75) is 13.5 Å². The number of rotatable bonds is 4. The van der Waals surface area contributed by atoms with Crippen LogP contribution in [0.15, 0.2) is 46.9 Å². The molecule has 3 heteroatoms. The largest absolute Gasteiger partial charge is 0.487 e. The molecule has 0 saturated heterocycles. The zero-order valence-corrected chi connectivity index (χ0v) is 11.6. The lowest BCUT2D eigenvalue weighted by Crippen LogP contribution is -1.99. The fourth-order valence-corrected chi connectivity index (χ4v) is 2.43. The summed E-state index contributed by atoms with van der Waals surface area (Å²) >= 11 is 3.43. The van der Waals surface area contributed by atoms with Crippen molar-refractivity contribution in [3.05, 3.63) is 63.6 Å². The van der Waals surface area contributed by atoms with E-state index < -0.39 is 0 Å². The SMILES string of the molecule is Cc1cc(Br)c(OCc2ccccc2)c(C=O)c1. The van der Waals surface area contributed by atoms with Crippen LogP contribution in [0.2, 0.25) is 0 Å². The molecule has 0 atom stereocenters. The van der Waals surface area contributed by atoms with Crippen LogP contribution in [-0.2, 0) is 6.61 Å². The molecule has 2 aromatic carbocycles. The summed E-state index contributed by atoms with van der Waals surface area (Å²) in [5, 5.41) is 0. The van der Waals surface area contributed by atoms with E-state index in [0.29, 0.717) is 17.9 Å². The molecule has 0 amide bonds. The van der Waals surface area contributed by atoms with Crippen molar-refractivity contribution in [2.75, 3.05) is 0 Å². The van der Waals surface area contributed by atoms with Crippen LogP contribution in [0, 0.1) is 6.92 Å². The van der Waals surface area contributed by atoms with Gasteiger partial charge >= 0.3 is 0 Å². The predicted molar refractivity (Wildman–Crippen MR) is 75.0 cm³/mol. The average Bonchev–Trinajstić information content (AvgIpc) is 2.38. The van der Waals surface area contributed by atoms with Gasteiger partial charge in [-0.2, -0.15) is 0 Å². The van der Waals surface area contributed by atoms with Crippen molar-refractivity contribution in [3.63, 3.8) is 0 Å². The maximum Gasteiger partial charge on any atom is 0.153 e. The van der Waals surface area contributed by atoms with Gasteiger partial charge in [0.2, 0.25) is 0 Å². The van der Waals surface area contributed by atoms with Crippen LogP contribution >= 0.6 is 15.9 Å². The highest BCUT2D eigenvalue weighted by molar-refractivity contribution is 9.10. The normalized spacial score (nSPS) is 10.1. The number of halogens is 1. The van der Waals surface area contributed by atoms with E-state index in [1.807, 2.05) is 49.4 Å². The van der Waals surface area contributed by atoms with E-state index in [1.54, 1.807) is 0 Å². The van der Waals surface area contributed by atoms with E-state index in [0.717, 1.165) is 21.9 Å². The molecule has 0 aliphatic heterocycles. The van der Waals surface area contributed by atoms with Gasteiger partial charge in [0, 0.05) is 0 Å². The van der Waals surface area contributed by atoms with Gasteiger partial charge in [-0.3, -0.25) is 4.79 Å². The van der Waals surface area contributed by atoms with Gasteiger partial charge in [0.25, 0.3) is 0 Å². The quantitative estimate of drug-likeness (QED) is 0.793. The summed E-state index contributed by atoms with van der Waals surface area (Å²) < 4.78 is 6.53. The third-order valence-electron chi connectivity index (χ3n) is 2.57. The Hall–Kier alpha value is -1.61. The first-order chi connectivity index (χ1) is 8.70. The van der Waals surface area contributed by atoms with Gasteiger partial charge in [-0.15, -0.1) is 0 Å². The molecule has 0 unspecified atom stereocenters. The Morgan fingerprint density at radius 3 is 2.61 bits per heavy atom. The van der Waals surface area contributed by atoms with Crippen molar-refractivity contribution in [2.24, 2.45) is 0 Å². The second-order valence-electron chi connectivity index (χ2n) is 4.06. The molecular weight excluding hydrogens is 292 g/mol. The topological polar surface area (TPSA) is 26.3 Å². The Morgan fingerprint density at radius 1 is 1.22 bits per heavy atom. The fraction of sp³-hybridized carbons (Fsp3) is 0.133. The molecule has 0 saturated carbocycles. The Morgan fingerprint density at radius 2 is 1.94 bits per heavy atom. The van der Waals surface area contributed by atoms with E-state index in [1.165, 1.54) is 0 Å². The molecule has 0 bridgehead atoms. The van der Waals surface area contributed by atoms with Crippen molar-refractivity contribution in [3.8, 4) is 5.75 Å². The summed E-state index contributed by atoms with van der Waals surface area (Å²) in [7, 11) is 0. The van der Waals surface area contributed by atoms with Crippen LogP contribution in [-0.4, -0.2) is 6.29 Å². The van der Waals surface area contributed by atoms with E-state index in [4.69, 9.17) is 4.74 Å². The van der Waals surface area contributed by atoms with Crippen LogP contribution in [0.5, 0.6) is 5.75 Å². The average molecular weight is 305 g/mol. The van der Waals surface area contributed by atoms with E-state index in [-0.39, 0.29) is 0 Å². The Bertz CT molecular complexity index is 550. The summed E-state index contributed by atoms with van der Waals surface area (Å²) in [4.78, 5) is 11.0. The molecule has 0 aliphatic carbocycles. The van der Waals surface area contributed by atoms with E-state index >= 15 is 0 Å². The Balaban J connectivity index is 2.21. The summed E-state index contributed by atoms with van der Waals surface area (Å²) in [6, 6.07) is 13.6. The van der Waals surface area contributed by atoms with Crippen molar-refractivity contribution in [1.82, 2.24) is 0 Å². The third-order valence-corrected chi connectivity index (χ3v) is 3.16. The van der Waals surface area contributed by atoms with Gasteiger partial charge in [0.15, 0.2) is 6.29 Å². The number of ether oxygens (including phenoxy) is 1. The molecule has 92 valence electrons. The highest BCUT2D eigenvalue weighted by atomic mass is 79.9. The second kappa shape index (κ2) is 5.83. The van der Waals surface area contributed by atoms with Crippen LogP contribution in [0.25, 0.3) is 0 Å². The lowest BCUT2D eigenvalue weighted by atomic mass is 10.1. The van der Waals surface area contributed by atoms with Gasteiger partial charge < -0.3 is 4.74 Å². The molecule has 0 heterocycles. The minimum atomic E-state index is 0.448. The van der Waals surface area contributed by atoms with Crippen LogP contribution < -0.4 is 4.74 Å². The molecule has 18 heavy (non-hydrogen) atoms. The minimum Gasteiger partial charge on any atom is -0.487 e. The molecule has 0 fully saturated rings. The Kier molecular flexibility index (Phi) is 4.15. The molecule has 2 nitrogen and oxygen atoms in total. The van der Waals surface area contributed by atoms with Gasteiger partial charge in [0.1, 0.15) is 12.4 Å². The predicted octanol–water partition coefficient (Wildman–Crippen LogP) is 4.15. The maximum absolute atomic E-state index is 11.0. The zero-order valence-electron chi connectivity index (χ0n) is 10.0. The monoisotopic (exact) mass is 304 g/mol. The number of hydrogen-bond acceptors (Lipinski definition) is 2. The van der Waals surface area contributed by atoms with Gasteiger partial charge in [-0.25, -0.2) is 0 Å². The van der Waals surface area contributed by atoms with Gasteiger partial charge in [-0.05, 0) is 46.1 Å². The zero-order chi connectivity index (χ0) is 13.0. The molecule has 0 spiro atoms. The summed E-state index contributed by atoms with van der Waals surface area (Å²) in [6.07, 6.45) is 0.818. The second-order valence-corrected chi connectivity index (χ2v) is 4.91. The molecular formula is C15H13BrO2. The number of benzene rings is 2. The van der Waals surface area contributed by atoms with Crippen molar-refractivity contribution >= 4 is 22.2 Å². The molecule has 0 radical (unpaired) electrons. The lowest BCUT2D eigenvalue weighted by Gasteiger charge is -2.11. The number of carbonyl (C=O) groups is 1. The summed E-state index contributed by atoms with van der Waals surface area (Å²) in [5.41, 5.74) is 2.66. The van der Waals surface area contributed by atoms with Crippen molar-refractivity contribution < 1.29 is 9.53 Å². The molecule has 0 aromatic heterocycles. The Labute approximate surface area is 115 Å². The number of carbonyl (C=O) groups excluding carboxylic acids is 1. The highest BCUT2D eigenvalue weighted by Crippen LogP contribution is 2.30. The summed E-state index contributed by atoms with van der Waals surface area (Å²) in [6.45, 7) is 2.39. The number of aldehydes is 1. The molecule has 0 N–H and O–H groups in total. The third kappa shape index (κ3) is 2.99. The number of hydrogen-bond donors (Lipinski definition) is 0. The van der Waals surface area contributed by atoms with Crippen LogP contribution in [0.4, 0.5) is 0 Å². The molecule has 2 aromatic rings. The smallest absolute Gasteiger partial charge is 0.153 e.